The SMILES string of the molecule is CCCCC(CC)COC(C)c1nc(CCl)cs1. The molecule has 0 N–H and O–H groups in total. The summed E-state index contributed by atoms with van der Waals surface area (Å²) in [5, 5.41) is 3.05. The molecule has 1 aromatic heterocycles. The van der Waals surface area contributed by atoms with Crippen LogP contribution in [0, 0.1) is 5.92 Å². The number of thiazole rings is 1. The highest BCUT2D eigenvalue weighted by Crippen LogP contribution is 2.24. The number of nitrogens with zero attached hydrogens (tertiary/aromatic N) is 1. The fraction of sp³-hybridized carbons (Fsp3) is 0.786. The molecule has 0 radical (unpaired) electrons. The maximum Gasteiger partial charge on any atom is 0.122 e. The Hall–Kier alpha value is -0.120. The molecule has 104 valence electrons. The van der Waals surface area contributed by atoms with E-state index in [0.29, 0.717) is 11.8 Å². The maximum atomic E-state index is 5.94. The Morgan fingerprint density at radius 1 is 1.44 bits per heavy atom. The normalized spacial score (nSPS) is 14.7. The summed E-state index contributed by atoms with van der Waals surface area (Å²) in [5.74, 6) is 1.16. The van der Waals surface area contributed by atoms with Gasteiger partial charge in [-0.25, -0.2) is 4.98 Å². The fourth-order valence-corrected chi connectivity index (χ4v) is 2.87. The topological polar surface area (TPSA) is 22.1 Å². The standard InChI is InChI=1S/C14H24ClNOS/c1-4-6-7-12(5-2)9-17-11(3)14-16-13(8-15)10-18-14/h10-12H,4-9H2,1-3H3. The second kappa shape index (κ2) is 8.89. The zero-order chi connectivity index (χ0) is 13.4. The van der Waals surface area contributed by atoms with Crippen LogP contribution in [0.1, 0.15) is 63.3 Å². The summed E-state index contributed by atoms with van der Waals surface area (Å²) in [6.45, 7) is 7.39. The third-order valence-electron chi connectivity index (χ3n) is 3.18. The highest BCUT2D eigenvalue weighted by atomic mass is 35.5. The first-order valence-corrected chi connectivity index (χ1v) is 8.24. The summed E-state index contributed by atoms with van der Waals surface area (Å²) in [6, 6.07) is 0. The van der Waals surface area contributed by atoms with Crippen molar-refractivity contribution < 1.29 is 4.74 Å². The maximum absolute atomic E-state index is 5.94. The van der Waals surface area contributed by atoms with Crippen LogP contribution in [0.25, 0.3) is 0 Å². The van der Waals surface area contributed by atoms with Gasteiger partial charge in [-0.15, -0.1) is 22.9 Å². The number of hydrogen-bond acceptors (Lipinski definition) is 3. The lowest BCUT2D eigenvalue weighted by atomic mass is 10.0. The van der Waals surface area contributed by atoms with Gasteiger partial charge in [0, 0.05) is 5.38 Å². The fourth-order valence-electron chi connectivity index (χ4n) is 1.82. The van der Waals surface area contributed by atoms with Gasteiger partial charge in [-0.2, -0.15) is 0 Å². The smallest absolute Gasteiger partial charge is 0.122 e. The van der Waals surface area contributed by atoms with Crippen molar-refractivity contribution in [3.05, 3.63) is 16.1 Å². The first-order chi connectivity index (χ1) is 8.71. The molecular formula is C14H24ClNOS. The lowest BCUT2D eigenvalue weighted by Gasteiger charge is -2.17. The average molecular weight is 290 g/mol. The van der Waals surface area contributed by atoms with Crippen molar-refractivity contribution in [3.8, 4) is 0 Å². The van der Waals surface area contributed by atoms with E-state index < -0.39 is 0 Å². The quantitative estimate of drug-likeness (QED) is 0.585. The van der Waals surface area contributed by atoms with Gasteiger partial charge >= 0.3 is 0 Å². The molecule has 1 rings (SSSR count). The van der Waals surface area contributed by atoms with Gasteiger partial charge in [0.15, 0.2) is 0 Å². The molecule has 1 heterocycles. The molecule has 4 heteroatoms. The van der Waals surface area contributed by atoms with Gasteiger partial charge in [0.1, 0.15) is 11.1 Å². The molecular weight excluding hydrogens is 266 g/mol. The minimum absolute atomic E-state index is 0.0858. The van der Waals surface area contributed by atoms with E-state index in [9.17, 15) is 0 Å². The van der Waals surface area contributed by atoms with Crippen LogP contribution in [0.2, 0.25) is 0 Å². The number of rotatable bonds is 9. The van der Waals surface area contributed by atoms with E-state index in [1.165, 1.54) is 25.7 Å². The molecule has 0 aliphatic heterocycles. The monoisotopic (exact) mass is 289 g/mol. The van der Waals surface area contributed by atoms with Crippen LogP contribution in [-0.2, 0) is 10.6 Å². The Labute approximate surface area is 120 Å². The molecule has 0 fully saturated rings. The summed E-state index contributed by atoms with van der Waals surface area (Å²) < 4.78 is 5.94. The molecule has 0 aromatic carbocycles. The molecule has 0 saturated carbocycles. The zero-order valence-corrected chi connectivity index (χ0v) is 13.2. The van der Waals surface area contributed by atoms with Gasteiger partial charge in [0.2, 0.25) is 0 Å². The molecule has 0 bridgehead atoms. The van der Waals surface area contributed by atoms with Crippen LogP contribution in [-0.4, -0.2) is 11.6 Å². The van der Waals surface area contributed by atoms with Crippen molar-refractivity contribution in [1.82, 2.24) is 4.98 Å². The van der Waals surface area contributed by atoms with Gasteiger partial charge in [-0.1, -0.05) is 33.1 Å². The average Bonchev–Trinajstić information content (AvgIpc) is 2.87. The van der Waals surface area contributed by atoms with Crippen molar-refractivity contribution in [1.29, 1.82) is 0 Å². The first kappa shape index (κ1) is 15.9. The van der Waals surface area contributed by atoms with Crippen LogP contribution in [0.15, 0.2) is 5.38 Å². The van der Waals surface area contributed by atoms with Crippen molar-refractivity contribution in [2.75, 3.05) is 6.61 Å². The second-order valence-electron chi connectivity index (χ2n) is 4.70. The molecule has 2 atom stereocenters. The van der Waals surface area contributed by atoms with E-state index in [2.05, 4.69) is 25.8 Å². The van der Waals surface area contributed by atoms with E-state index in [-0.39, 0.29) is 6.10 Å². The largest absolute Gasteiger partial charge is 0.371 e. The number of alkyl halides is 1. The number of ether oxygens (including phenoxy) is 1. The van der Waals surface area contributed by atoms with E-state index in [0.717, 1.165) is 17.3 Å². The predicted molar refractivity (Wildman–Crippen MR) is 79.3 cm³/mol. The van der Waals surface area contributed by atoms with Crippen molar-refractivity contribution in [3.63, 3.8) is 0 Å². The van der Waals surface area contributed by atoms with Gasteiger partial charge in [-0.3, -0.25) is 0 Å². The Balaban J connectivity index is 2.36. The predicted octanol–water partition coefficient (Wildman–Crippen LogP) is 5.18. The van der Waals surface area contributed by atoms with Crippen molar-refractivity contribution in [2.45, 2.75) is 58.4 Å². The molecule has 0 aliphatic rings. The minimum atomic E-state index is 0.0858. The third-order valence-corrected chi connectivity index (χ3v) is 4.51. The van der Waals surface area contributed by atoms with Gasteiger partial charge in [0.05, 0.1) is 18.2 Å². The third kappa shape index (κ3) is 5.25. The number of aromatic nitrogens is 1. The summed E-state index contributed by atoms with van der Waals surface area (Å²) in [7, 11) is 0. The molecule has 0 amide bonds. The van der Waals surface area contributed by atoms with Crippen LogP contribution < -0.4 is 0 Å². The van der Waals surface area contributed by atoms with Crippen LogP contribution in [0.5, 0.6) is 0 Å². The second-order valence-corrected chi connectivity index (χ2v) is 5.86. The van der Waals surface area contributed by atoms with E-state index >= 15 is 0 Å². The molecule has 2 unspecified atom stereocenters. The van der Waals surface area contributed by atoms with Crippen molar-refractivity contribution >= 4 is 22.9 Å². The summed E-state index contributed by atoms with van der Waals surface area (Å²) in [6.07, 6.45) is 5.10. The molecule has 0 spiro atoms. The van der Waals surface area contributed by atoms with Crippen LogP contribution in [0.3, 0.4) is 0 Å². The molecule has 0 aliphatic carbocycles. The van der Waals surface area contributed by atoms with E-state index in [1.54, 1.807) is 11.3 Å². The zero-order valence-electron chi connectivity index (χ0n) is 11.6. The Bertz CT molecular complexity index is 329. The highest BCUT2D eigenvalue weighted by Gasteiger charge is 2.13. The number of hydrogen-bond donors (Lipinski definition) is 0. The van der Waals surface area contributed by atoms with E-state index in [1.807, 2.05) is 5.38 Å². The Morgan fingerprint density at radius 3 is 2.78 bits per heavy atom. The van der Waals surface area contributed by atoms with Gasteiger partial charge < -0.3 is 4.74 Å². The summed E-state index contributed by atoms with van der Waals surface area (Å²) in [5.41, 5.74) is 0.949. The number of unbranched alkanes of at least 4 members (excludes halogenated alkanes) is 1. The molecule has 18 heavy (non-hydrogen) atoms. The van der Waals surface area contributed by atoms with Gasteiger partial charge in [0.25, 0.3) is 0 Å². The highest BCUT2D eigenvalue weighted by molar-refractivity contribution is 7.09. The van der Waals surface area contributed by atoms with Crippen molar-refractivity contribution in [2.24, 2.45) is 5.92 Å². The molecule has 1 aromatic rings. The summed E-state index contributed by atoms with van der Waals surface area (Å²) in [4.78, 5) is 4.46. The lowest BCUT2D eigenvalue weighted by molar-refractivity contribution is 0.0356. The first-order valence-electron chi connectivity index (χ1n) is 6.83. The summed E-state index contributed by atoms with van der Waals surface area (Å²) >= 11 is 7.39. The minimum Gasteiger partial charge on any atom is -0.371 e. The van der Waals surface area contributed by atoms with Gasteiger partial charge in [-0.05, 0) is 19.3 Å². The molecule has 0 saturated heterocycles. The Kier molecular flexibility index (Phi) is 7.87. The Morgan fingerprint density at radius 2 is 2.22 bits per heavy atom. The van der Waals surface area contributed by atoms with E-state index in [4.69, 9.17) is 16.3 Å². The molecule has 2 nitrogen and oxygen atoms in total. The van der Waals surface area contributed by atoms with Crippen LogP contribution in [0.4, 0.5) is 0 Å². The lowest BCUT2D eigenvalue weighted by Crippen LogP contribution is -2.11. The van der Waals surface area contributed by atoms with Crippen LogP contribution >= 0.6 is 22.9 Å². The number of halogens is 1.